The van der Waals surface area contributed by atoms with Gasteiger partial charge in [-0.3, -0.25) is 9.59 Å². The van der Waals surface area contributed by atoms with E-state index < -0.39 is 0 Å². The molecule has 4 nitrogen and oxygen atoms in total. The molecule has 2 rings (SSSR count). The maximum Gasteiger partial charge on any atom is 0.323 e. The number of hydrogen-bond acceptors (Lipinski definition) is 4. The monoisotopic (exact) mass is 197 g/mol. The number of carbonyl (C=O) groups is 2. The molecule has 14 heavy (non-hydrogen) atoms. The SMILES string of the molecule is COC(=O)C1NCC12CCC(=O)CC2. The highest BCUT2D eigenvalue weighted by Gasteiger charge is 2.52. The topological polar surface area (TPSA) is 55.4 Å². The van der Waals surface area contributed by atoms with Crippen LogP contribution in [0.25, 0.3) is 0 Å². The molecule has 1 saturated carbocycles. The third-order valence-electron chi connectivity index (χ3n) is 3.51. The number of esters is 1. The summed E-state index contributed by atoms with van der Waals surface area (Å²) in [6.07, 6.45) is 2.90. The van der Waals surface area contributed by atoms with E-state index in [-0.39, 0.29) is 17.4 Å². The average molecular weight is 197 g/mol. The fraction of sp³-hybridized carbons (Fsp3) is 0.800. The van der Waals surface area contributed by atoms with Gasteiger partial charge in [-0.15, -0.1) is 0 Å². The minimum absolute atomic E-state index is 0.0149. The molecule has 1 saturated heterocycles. The van der Waals surface area contributed by atoms with Crippen LogP contribution in [0.2, 0.25) is 0 Å². The van der Waals surface area contributed by atoms with Gasteiger partial charge in [-0.2, -0.15) is 0 Å². The minimum atomic E-state index is -0.189. The first-order valence-electron chi connectivity index (χ1n) is 5.01. The number of rotatable bonds is 1. The average Bonchev–Trinajstić information content (AvgIpc) is 2.17. The van der Waals surface area contributed by atoms with E-state index in [1.807, 2.05) is 0 Å². The van der Waals surface area contributed by atoms with Crippen molar-refractivity contribution in [2.45, 2.75) is 31.7 Å². The molecule has 1 heterocycles. The van der Waals surface area contributed by atoms with E-state index in [1.165, 1.54) is 7.11 Å². The number of methoxy groups -OCH3 is 1. The summed E-state index contributed by atoms with van der Waals surface area (Å²) in [5, 5.41) is 3.09. The predicted molar refractivity (Wildman–Crippen MR) is 49.7 cm³/mol. The van der Waals surface area contributed by atoms with Gasteiger partial charge in [-0.25, -0.2) is 0 Å². The van der Waals surface area contributed by atoms with Crippen molar-refractivity contribution < 1.29 is 14.3 Å². The number of ketones is 1. The van der Waals surface area contributed by atoms with Crippen LogP contribution in [-0.4, -0.2) is 31.4 Å². The molecule has 1 atom stereocenters. The zero-order valence-electron chi connectivity index (χ0n) is 8.34. The summed E-state index contributed by atoms with van der Waals surface area (Å²) in [7, 11) is 1.41. The van der Waals surface area contributed by atoms with Crippen molar-refractivity contribution in [2.75, 3.05) is 13.7 Å². The van der Waals surface area contributed by atoms with Crippen molar-refractivity contribution in [3.8, 4) is 0 Å². The zero-order valence-corrected chi connectivity index (χ0v) is 8.34. The van der Waals surface area contributed by atoms with E-state index in [4.69, 9.17) is 4.74 Å². The van der Waals surface area contributed by atoms with E-state index in [0.717, 1.165) is 19.4 Å². The fourth-order valence-corrected chi connectivity index (χ4v) is 2.44. The van der Waals surface area contributed by atoms with Gasteiger partial charge in [0.15, 0.2) is 0 Å². The Morgan fingerprint density at radius 2 is 2.14 bits per heavy atom. The Labute approximate surface area is 83.0 Å². The van der Waals surface area contributed by atoms with Crippen molar-refractivity contribution in [1.29, 1.82) is 0 Å². The molecule has 0 aromatic heterocycles. The summed E-state index contributed by atoms with van der Waals surface area (Å²) >= 11 is 0. The molecular weight excluding hydrogens is 182 g/mol. The van der Waals surface area contributed by atoms with Gasteiger partial charge in [0, 0.05) is 24.8 Å². The van der Waals surface area contributed by atoms with Gasteiger partial charge in [0.25, 0.3) is 0 Å². The van der Waals surface area contributed by atoms with Gasteiger partial charge < -0.3 is 10.1 Å². The molecular formula is C10H15NO3. The molecule has 0 aromatic rings. The lowest BCUT2D eigenvalue weighted by Gasteiger charge is -2.50. The summed E-state index contributed by atoms with van der Waals surface area (Å²) in [4.78, 5) is 22.5. The number of hydrogen-bond donors (Lipinski definition) is 1. The Kier molecular flexibility index (Phi) is 2.31. The van der Waals surface area contributed by atoms with E-state index in [0.29, 0.717) is 18.6 Å². The highest BCUT2D eigenvalue weighted by molar-refractivity contribution is 5.82. The minimum Gasteiger partial charge on any atom is -0.468 e. The normalized spacial score (nSPS) is 29.8. The molecule has 2 aliphatic rings. The van der Waals surface area contributed by atoms with Crippen molar-refractivity contribution in [3.05, 3.63) is 0 Å². The number of ether oxygens (including phenoxy) is 1. The molecule has 0 bridgehead atoms. The quantitative estimate of drug-likeness (QED) is 0.613. The first kappa shape index (κ1) is 9.65. The van der Waals surface area contributed by atoms with Crippen LogP contribution >= 0.6 is 0 Å². The third-order valence-corrected chi connectivity index (χ3v) is 3.51. The van der Waals surface area contributed by atoms with Crippen LogP contribution in [0.4, 0.5) is 0 Å². The Bertz CT molecular complexity index is 265. The van der Waals surface area contributed by atoms with Crippen LogP contribution in [-0.2, 0) is 14.3 Å². The van der Waals surface area contributed by atoms with Crippen molar-refractivity contribution >= 4 is 11.8 Å². The van der Waals surface area contributed by atoms with Gasteiger partial charge in [0.2, 0.25) is 0 Å². The summed E-state index contributed by atoms with van der Waals surface area (Å²) in [5.74, 6) is 0.136. The largest absolute Gasteiger partial charge is 0.468 e. The smallest absolute Gasteiger partial charge is 0.323 e. The fourth-order valence-electron chi connectivity index (χ4n) is 2.44. The zero-order chi connectivity index (χ0) is 10.2. The molecule has 4 heteroatoms. The molecule has 1 aliphatic heterocycles. The van der Waals surface area contributed by atoms with Crippen molar-refractivity contribution in [1.82, 2.24) is 5.32 Å². The molecule has 1 spiro atoms. The van der Waals surface area contributed by atoms with Gasteiger partial charge in [-0.05, 0) is 12.8 Å². The molecule has 1 aliphatic carbocycles. The molecule has 2 fully saturated rings. The van der Waals surface area contributed by atoms with E-state index >= 15 is 0 Å². The van der Waals surface area contributed by atoms with Crippen LogP contribution in [0.3, 0.4) is 0 Å². The lowest BCUT2D eigenvalue weighted by atomic mass is 9.64. The lowest BCUT2D eigenvalue weighted by Crippen LogP contribution is -2.67. The third kappa shape index (κ3) is 1.34. The standard InChI is InChI=1S/C10H15NO3/c1-14-9(13)8-10(6-11-8)4-2-7(12)3-5-10/h8,11H,2-6H2,1H3. The molecule has 1 unspecified atom stereocenters. The summed E-state index contributed by atoms with van der Waals surface area (Å²) in [6.45, 7) is 0.847. The highest BCUT2D eigenvalue weighted by atomic mass is 16.5. The Hall–Kier alpha value is -0.900. The van der Waals surface area contributed by atoms with E-state index in [9.17, 15) is 9.59 Å². The predicted octanol–water partition coefficient (Wildman–Crippen LogP) is 0.261. The van der Waals surface area contributed by atoms with Gasteiger partial charge >= 0.3 is 5.97 Å². The van der Waals surface area contributed by atoms with Gasteiger partial charge in [0.1, 0.15) is 11.8 Å². The first-order chi connectivity index (χ1) is 6.68. The van der Waals surface area contributed by atoms with Crippen LogP contribution < -0.4 is 5.32 Å². The van der Waals surface area contributed by atoms with Crippen molar-refractivity contribution in [3.63, 3.8) is 0 Å². The van der Waals surface area contributed by atoms with Crippen LogP contribution in [0, 0.1) is 5.41 Å². The van der Waals surface area contributed by atoms with Crippen LogP contribution in [0.1, 0.15) is 25.7 Å². The second-order valence-electron chi connectivity index (χ2n) is 4.24. The number of carbonyl (C=O) groups excluding carboxylic acids is 2. The molecule has 1 N–H and O–H groups in total. The Morgan fingerprint density at radius 3 is 2.57 bits per heavy atom. The maximum atomic E-state index is 11.4. The van der Waals surface area contributed by atoms with Crippen molar-refractivity contribution in [2.24, 2.45) is 5.41 Å². The van der Waals surface area contributed by atoms with Gasteiger partial charge in [0.05, 0.1) is 7.11 Å². The van der Waals surface area contributed by atoms with Crippen LogP contribution in [0.5, 0.6) is 0 Å². The van der Waals surface area contributed by atoms with E-state index in [2.05, 4.69) is 5.32 Å². The first-order valence-corrected chi connectivity index (χ1v) is 5.01. The van der Waals surface area contributed by atoms with E-state index in [1.54, 1.807) is 0 Å². The molecule has 78 valence electrons. The second-order valence-corrected chi connectivity index (χ2v) is 4.24. The molecule has 0 amide bonds. The highest BCUT2D eigenvalue weighted by Crippen LogP contribution is 2.43. The maximum absolute atomic E-state index is 11.4. The Morgan fingerprint density at radius 1 is 1.50 bits per heavy atom. The van der Waals surface area contributed by atoms with Crippen LogP contribution in [0.15, 0.2) is 0 Å². The Balaban J connectivity index is 2.03. The lowest BCUT2D eigenvalue weighted by molar-refractivity contribution is -0.154. The second kappa shape index (κ2) is 3.35. The summed E-state index contributed by atoms with van der Waals surface area (Å²) in [6, 6.07) is -0.180. The van der Waals surface area contributed by atoms with Gasteiger partial charge in [-0.1, -0.05) is 0 Å². The number of nitrogens with one attached hydrogen (secondary N) is 1. The molecule has 0 aromatic carbocycles. The molecule has 0 radical (unpaired) electrons. The summed E-state index contributed by atoms with van der Waals surface area (Å²) in [5.41, 5.74) is 0.0149. The summed E-state index contributed by atoms with van der Waals surface area (Å²) < 4.78 is 4.72. The number of Topliss-reactive ketones (excluding diaryl/α,β-unsaturated/α-hetero) is 1.